The summed E-state index contributed by atoms with van der Waals surface area (Å²) in [6, 6.07) is 17.8. The number of furan rings is 1. The fraction of sp³-hybridized carbons (Fsp3) is 0.259. The van der Waals surface area contributed by atoms with Crippen molar-refractivity contribution in [3.8, 4) is 0 Å². The number of nitrogens with one attached hydrogen (secondary N) is 1. The summed E-state index contributed by atoms with van der Waals surface area (Å²) in [6.45, 7) is 5.33. The van der Waals surface area contributed by atoms with Gasteiger partial charge < -0.3 is 9.40 Å². The normalized spacial score (nSPS) is 12.4. The van der Waals surface area contributed by atoms with Crippen molar-refractivity contribution >= 4 is 10.9 Å². The van der Waals surface area contributed by atoms with Gasteiger partial charge in [0.2, 0.25) is 0 Å². The number of nitrogens with zero attached hydrogens (tertiary/aromatic N) is 5. The summed E-state index contributed by atoms with van der Waals surface area (Å²) in [4.78, 5) is 18.2. The molecular formula is C27H27FN6O2. The molecule has 1 unspecified atom stereocenters. The number of aromatic nitrogens is 5. The van der Waals surface area contributed by atoms with Crippen LogP contribution in [0.4, 0.5) is 4.39 Å². The van der Waals surface area contributed by atoms with E-state index in [0.29, 0.717) is 37.4 Å². The number of fused-ring (bicyclic) bond motifs is 1. The lowest BCUT2D eigenvalue weighted by Crippen LogP contribution is -2.32. The number of hydrogen-bond donors (Lipinski definition) is 1. The van der Waals surface area contributed by atoms with Crippen molar-refractivity contribution in [1.29, 1.82) is 0 Å². The lowest BCUT2D eigenvalue weighted by Gasteiger charge is -2.30. The third-order valence-electron chi connectivity index (χ3n) is 6.32. The van der Waals surface area contributed by atoms with Crippen LogP contribution in [-0.4, -0.2) is 30.1 Å². The second kappa shape index (κ2) is 10.2. The van der Waals surface area contributed by atoms with E-state index in [2.05, 4.69) is 38.4 Å². The van der Waals surface area contributed by atoms with Crippen LogP contribution in [-0.2, 0) is 19.6 Å². The third-order valence-corrected chi connectivity index (χ3v) is 6.32. The monoisotopic (exact) mass is 486 g/mol. The van der Waals surface area contributed by atoms with Crippen LogP contribution in [0, 0.1) is 12.7 Å². The van der Waals surface area contributed by atoms with E-state index in [4.69, 9.17) is 4.42 Å². The second-order valence-electron chi connectivity index (χ2n) is 8.94. The van der Waals surface area contributed by atoms with E-state index in [-0.39, 0.29) is 17.4 Å². The predicted octanol–water partition coefficient (Wildman–Crippen LogP) is 4.76. The van der Waals surface area contributed by atoms with Crippen LogP contribution >= 0.6 is 0 Å². The molecule has 8 nitrogen and oxygen atoms in total. The van der Waals surface area contributed by atoms with E-state index in [1.807, 2.05) is 37.3 Å². The van der Waals surface area contributed by atoms with E-state index in [1.165, 1.54) is 12.1 Å². The largest absolute Gasteiger partial charge is 0.467 e. The van der Waals surface area contributed by atoms with E-state index < -0.39 is 0 Å². The van der Waals surface area contributed by atoms with Gasteiger partial charge >= 0.3 is 0 Å². The van der Waals surface area contributed by atoms with Gasteiger partial charge in [-0.15, -0.1) is 5.10 Å². The molecule has 0 amide bonds. The fourth-order valence-electron chi connectivity index (χ4n) is 4.53. The molecule has 0 bridgehead atoms. The first kappa shape index (κ1) is 23.6. The first-order chi connectivity index (χ1) is 17.5. The van der Waals surface area contributed by atoms with Crippen LogP contribution in [0.5, 0.6) is 0 Å². The van der Waals surface area contributed by atoms with E-state index in [1.54, 1.807) is 23.1 Å². The molecule has 2 aromatic carbocycles. The van der Waals surface area contributed by atoms with Crippen LogP contribution in [0.25, 0.3) is 10.9 Å². The van der Waals surface area contributed by atoms with E-state index >= 15 is 0 Å². The average Bonchev–Trinajstić information content (AvgIpc) is 3.55. The maximum atomic E-state index is 13.6. The Morgan fingerprint density at radius 1 is 1.11 bits per heavy atom. The summed E-state index contributed by atoms with van der Waals surface area (Å²) in [6.07, 6.45) is 2.32. The maximum Gasteiger partial charge on any atom is 0.252 e. The third kappa shape index (κ3) is 5.11. The minimum Gasteiger partial charge on any atom is -0.467 e. The Balaban J connectivity index is 1.52. The summed E-state index contributed by atoms with van der Waals surface area (Å²) < 4.78 is 20.8. The van der Waals surface area contributed by atoms with E-state index in [9.17, 15) is 9.18 Å². The minimum atomic E-state index is -0.291. The smallest absolute Gasteiger partial charge is 0.252 e. The SMILES string of the molecule is CCC(c1nnnn1Cc1ccco1)N(Cc1ccc(F)cc1)Cc1cc2cc(C)ccc2[nH]c1=O. The number of aryl methyl sites for hydroxylation is 1. The molecule has 0 saturated carbocycles. The number of rotatable bonds is 9. The number of hydrogen-bond acceptors (Lipinski definition) is 6. The Kier molecular flexibility index (Phi) is 6.73. The maximum absolute atomic E-state index is 13.6. The first-order valence-corrected chi connectivity index (χ1v) is 11.9. The van der Waals surface area contributed by atoms with Crippen molar-refractivity contribution in [3.63, 3.8) is 0 Å². The van der Waals surface area contributed by atoms with Gasteiger partial charge in [0, 0.05) is 24.2 Å². The lowest BCUT2D eigenvalue weighted by molar-refractivity contribution is 0.161. The fourth-order valence-corrected chi connectivity index (χ4v) is 4.53. The summed E-state index contributed by atoms with van der Waals surface area (Å²) in [5.74, 6) is 1.12. The van der Waals surface area contributed by atoms with Gasteiger partial charge in [0.15, 0.2) is 5.82 Å². The summed E-state index contributed by atoms with van der Waals surface area (Å²) in [5, 5.41) is 13.4. The van der Waals surface area contributed by atoms with Crippen molar-refractivity contribution in [3.05, 3.63) is 111 Å². The molecule has 0 aliphatic heterocycles. The molecule has 1 atom stereocenters. The molecule has 184 valence electrons. The van der Waals surface area contributed by atoms with Crippen LogP contribution in [0.1, 0.15) is 47.7 Å². The summed E-state index contributed by atoms with van der Waals surface area (Å²) in [7, 11) is 0. The Morgan fingerprint density at radius 3 is 2.69 bits per heavy atom. The van der Waals surface area contributed by atoms with Crippen LogP contribution < -0.4 is 5.56 Å². The Labute approximate surface area is 207 Å². The lowest BCUT2D eigenvalue weighted by atomic mass is 10.1. The number of benzene rings is 2. The van der Waals surface area contributed by atoms with Gasteiger partial charge in [-0.25, -0.2) is 9.07 Å². The molecule has 5 rings (SSSR count). The zero-order valence-corrected chi connectivity index (χ0v) is 20.2. The topological polar surface area (TPSA) is 92.8 Å². The number of halogens is 1. The number of pyridine rings is 1. The second-order valence-corrected chi connectivity index (χ2v) is 8.94. The molecule has 0 fully saturated rings. The van der Waals surface area contributed by atoms with Crippen molar-refractivity contribution in [2.75, 3.05) is 0 Å². The van der Waals surface area contributed by atoms with Gasteiger partial charge in [-0.1, -0.05) is 30.7 Å². The Bertz CT molecular complexity index is 1510. The van der Waals surface area contributed by atoms with Gasteiger partial charge in [0.05, 0.1) is 12.3 Å². The average molecular weight is 487 g/mol. The molecule has 9 heteroatoms. The van der Waals surface area contributed by atoms with Crippen LogP contribution in [0.15, 0.2) is 76.1 Å². The van der Waals surface area contributed by atoms with Crippen LogP contribution in [0.2, 0.25) is 0 Å². The molecule has 0 radical (unpaired) electrons. The molecule has 3 aromatic heterocycles. The van der Waals surface area contributed by atoms with Crippen molar-refractivity contribution in [2.45, 2.75) is 45.9 Å². The summed E-state index contributed by atoms with van der Waals surface area (Å²) >= 11 is 0. The molecule has 36 heavy (non-hydrogen) atoms. The van der Waals surface area contributed by atoms with Crippen molar-refractivity contribution < 1.29 is 8.81 Å². The summed E-state index contributed by atoms with van der Waals surface area (Å²) in [5.41, 5.74) is 3.34. The zero-order valence-electron chi connectivity index (χ0n) is 20.2. The van der Waals surface area contributed by atoms with Gasteiger partial charge in [-0.05, 0) is 77.2 Å². The molecule has 1 N–H and O–H groups in total. The van der Waals surface area contributed by atoms with Crippen LogP contribution in [0.3, 0.4) is 0 Å². The number of aromatic amines is 1. The van der Waals surface area contributed by atoms with Gasteiger partial charge in [0.25, 0.3) is 5.56 Å². The highest BCUT2D eigenvalue weighted by molar-refractivity contribution is 5.79. The van der Waals surface area contributed by atoms with Gasteiger partial charge in [-0.3, -0.25) is 9.69 Å². The minimum absolute atomic E-state index is 0.138. The predicted molar refractivity (Wildman–Crippen MR) is 134 cm³/mol. The van der Waals surface area contributed by atoms with E-state index in [0.717, 1.165) is 27.8 Å². The highest BCUT2D eigenvalue weighted by Gasteiger charge is 2.26. The van der Waals surface area contributed by atoms with Crippen molar-refractivity contribution in [2.24, 2.45) is 0 Å². The zero-order chi connectivity index (χ0) is 25.1. The molecule has 0 saturated heterocycles. The molecule has 0 aliphatic carbocycles. The Morgan fingerprint density at radius 2 is 1.94 bits per heavy atom. The molecular weight excluding hydrogens is 459 g/mol. The standard InChI is InChI=1S/C27H27FN6O2/c1-3-25(26-30-31-32-34(26)17-23-5-4-12-36-23)33(15-19-7-9-22(28)10-8-19)16-21-14-20-13-18(2)6-11-24(20)29-27(21)35/h4-14,25H,3,15-17H2,1-2H3,(H,29,35). The van der Waals surface area contributed by atoms with Gasteiger partial charge in [0.1, 0.15) is 18.1 Å². The highest BCUT2D eigenvalue weighted by atomic mass is 19.1. The molecule has 3 heterocycles. The van der Waals surface area contributed by atoms with Crippen molar-refractivity contribution in [1.82, 2.24) is 30.1 Å². The molecule has 5 aromatic rings. The highest BCUT2D eigenvalue weighted by Crippen LogP contribution is 2.27. The molecule has 0 spiro atoms. The Hall–Kier alpha value is -4.11. The van der Waals surface area contributed by atoms with Gasteiger partial charge in [-0.2, -0.15) is 0 Å². The first-order valence-electron chi connectivity index (χ1n) is 11.9. The number of tetrazole rings is 1. The molecule has 0 aliphatic rings. The number of H-pyrrole nitrogens is 1. The quantitative estimate of drug-likeness (QED) is 0.323.